The van der Waals surface area contributed by atoms with Crippen molar-refractivity contribution in [2.24, 2.45) is 0 Å². The highest BCUT2D eigenvalue weighted by Gasteiger charge is 2.46. The average molecular weight is 389 g/mol. The third kappa shape index (κ3) is 2.60. The van der Waals surface area contributed by atoms with Crippen molar-refractivity contribution in [1.82, 2.24) is 14.6 Å². The number of nitrogens with zero attached hydrogens (tertiary/aromatic N) is 4. The first kappa shape index (κ1) is 17.4. The van der Waals surface area contributed by atoms with Gasteiger partial charge in [0.15, 0.2) is 5.65 Å². The van der Waals surface area contributed by atoms with Crippen LogP contribution in [0.15, 0.2) is 6.20 Å². The summed E-state index contributed by atoms with van der Waals surface area (Å²) in [7, 11) is -5.53. The van der Waals surface area contributed by atoms with Gasteiger partial charge in [0.2, 0.25) is 0 Å². The molecule has 0 saturated heterocycles. The average Bonchev–Trinajstić information content (AvgIpc) is 3.24. The Balaban J connectivity index is 1.81. The topological polar surface area (TPSA) is 79.6 Å². The van der Waals surface area contributed by atoms with Gasteiger partial charge in [0.05, 0.1) is 6.20 Å². The molecule has 0 amide bonds. The van der Waals surface area contributed by atoms with Crippen molar-refractivity contribution in [3.05, 3.63) is 17.5 Å². The monoisotopic (exact) mass is 389 g/mol. The fraction of sp³-hybridized carbons (Fsp3) is 0.600. The molecule has 2 aromatic heterocycles. The highest BCUT2D eigenvalue weighted by Crippen LogP contribution is 2.37. The van der Waals surface area contributed by atoms with E-state index in [1.165, 1.54) is 4.52 Å². The standard InChI is InChI=1S/C15H18F3N5O2S/c1-9-11-6-7-22(10-4-2-3-5-10)14(11)23-13(20-9)12(8-19-23)21-26(24,25)15(16,17)18/h8,10,21H,2-7H2,1H3. The Morgan fingerprint density at radius 1 is 1.27 bits per heavy atom. The van der Waals surface area contributed by atoms with E-state index in [4.69, 9.17) is 0 Å². The molecule has 2 aromatic rings. The molecular weight excluding hydrogens is 371 g/mol. The van der Waals surface area contributed by atoms with Gasteiger partial charge in [-0.1, -0.05) is 12.8 Å². The lowest BCUT2D eigenvalue weighted by Crippen LogP contribution is -2.32. The number of nitrogens with one attached hydrogen (secondary N) is 1. The van der Waals surface area contributed by atoms with Gasteiger partial charge < -0.3 is 4.90 Å². The van der Waals surface area contributed by atoms with Crippen LogP contribution in [0, 0.1) is 6.92 Å². The van der Waals surface area contributed by atoms with E-state index in [1.807, 2.05) is 0 Å². The molecule has 7 nitrogen and oxygen atoms in total. The van der Waals surface area contributed by atoms with Gasteiger partial charge in [-0.25, -0.2) is 4.98 Å². The van der Waals surface area contributed by atoms with Gasteiger partial charge >= 0.3 is 15.5 Å². The first-order chi connectivity index (χ1) is 12.2. The van der Waals surface area contributed by atoms with Gasteiger partial charge in [0, 0.05) is 23.8 Å². The van der Waals surface area contributed by atoms with E-state index in [9.17, 15) is 21.6 Å². The quantitative estimate of drug-likeness (QED) is 0.873. The van der Waals surface area contributed by atoms with Crippen LogP contribution in [0.1, 0.15) is 36.9 Å². The molecule has 11 heteroatoms. The van der Waals surface area contributed by atoms with Gasteiger partial charge in [-0.05, 0) is 26.2 Å². The minimum Gasteiger partial charge on any atom is -0.353 e. The molecule has 1 fully saturated rings. The van der Waals surface area contributed by atoms with Crippen molar-refractivity contribution in [3.8, 4) is 0 Å². The smallest absolute Gasteiger partial charge is 0.353 e. The van der Waals surface area contributed by atoms with Crippen LogP contribution >= 0.6 is 0 Å². The summed E-state index contributed by atoms with van der Waals surface area (Å²) < 4.78 is 64.0. The lowest BCUT2D eigenvalue weighted by Gasteiger charge is -2.27. The number of anilines is 2. The molecule has 1 saturated carbocycles. The van der Waals surface area contributed by atoms with Gasteiger partial charge in [0.25, 0.3) is 0 Å². The fourth-order valence-corrected chi connectivity index (χ4v) is 4.44. The van der Waals surface area contributed by atoms with Crippen LogP contribution in [0.3, 0.4) is 0 Å². The largest absolute Gasteiger partial charge is 0.516 e. The normalized spacial score (nSPS) is 18.7. The molecule has 2 aliphatic rings. The van der Waals surface area contributed by atoms with Gasteiger partial charge in [-0.3, -0.25) is 4.72 Å². The Labute approximate surface area is 148 Å². The Bertz CT molecular complexity index is 964. The van der Waals surface area contributed by atoms with Gasteiger partial charge in [0.1, 0.15) is 11.5 Å². The molecule has 0 unspecified atom stereocenters. The highest BCUT2D eigenvalue weighted by atomic mass is 32.2. The molecule has 1 aliphatic heterocycles. The molecule has 142 valence electrons. The molecule has 0 spiro atoms. The summed E-state index contributed by atoms with van der Waals surface area (Å²) in [6, 6.07) is 0.376. The van der Waals surface area contributed by atoms with Crippen LogP contribution in [-0.2, 0) is 16.4 Å². The van der Waals surface area contributed by atoms with Crippen LogP contribution in [-0.4, -0.2) is 41.1 Å². The zero-order valence-corrected chi connectivity index (χ0v) is 14.9. The van der Waals surface area contributed by atoms with Crippen molar-refractivity contribution >= 4 is 27.2 Å². The number of aromatic nitrogens is 3. The number of halogens is 3. The molecule has 3 heterocycles. The summed E-state index contributed by atoms with van der Waals surface area (Å²) in [5.41, 5.74) is -3.90. The third-order valence-electron chi connectivity index (χ3n) is 5.11. The third-order valence-corrected chi connectivity index (χ3v) is 6.21. The molecule has 1 aliphatic carbocycles. The second-order valence-corrected chi connectivity index (χ2v) is 8.40. The Hall–Kier alpha value is -2.04. The summed E-state index contributed by atoms with van der Waals surface area (Å²) in [6.45, 7) is 2.59. The minimum absolute atomic E-state index is 0.0824. The Kier molecular flexibility index (Phi) is 3.83. The van der Waals surface area contributed by atoms with Gasteiger partial charge in [-0.15, -0.1) is 0 Å². The maximum Gasteiger partial charge on any atom is 0.516 e. The number of sulfonamides is 1. The molecule has 4 rings (SSSR count). The number of hydrogen-bond donors (Lipinski definition) is 1. The maximum absolute atomic E-state index is 12.7. The predicted octanol–water partition coefficient (Wildman–Crippen LogP) is 2.60. The number of alkyl halides is 3. The van der Waals surface area contributed by atoms with Crippen LogP contribution in [0.2, 0.25) is 0 Å². The van der Waals surface area contributed by atoms with E-state index in [1.54, 1.807) is 11.6 Å². The Morgan fingerprint density at radius 3 is 2.62 bits per heavy atom. The molecular formula is C15H18F3N5O2S. The SMILES string of the molecule is Cc1nc2c(NS(=O)(=O)C(F)(F)F)cnn2c2c1CCN2C1CCCC1. The number of rotatable bonds is 3. The van der Waals surface area contributed by atoms with E-state index >= 15 is 0 Å². The molecule has 0 bridgehead atoms. The van der Waals surface area contributed by atoms with E-state index in [0.717, 1.165) is 56.2 Å². The summed E-state index contributed by atoms with van der Waals surface area (Å²) in [5, 5.41) is 4.14. The molecule has 1 N–H and O–H groups in total. The van der Waals surface area contributed by atoms with Crippen LogP contribution < -0.4 is 9.62 Å². The fourth-order valence-electron chi connectivity index (χ4n) is 3.89. The van der Waals surface area contributed by atoms with Gasteiger partial charge in [-0.2, -0.15) is 31.2 Å². The van der Waals surface area contributed by atoms with E-state index < -0.39 is 15.5 Å². The van der Waals surface area contributed by atoms with E-state index in [2.05, 4.69) is 15.0 Å². The predicted molar refractivity (Wildman–Crippen MR) is 89.6 cm³/mol. The van der Waals surface area contributed by atoms with Crippen LogP contribution in [0.4, 0.5) is 24.7 Å². The number of aryl methyl sites for hydroxylation is 1. The number of fused-ring (bicyclic) bond motifs is 3. The first-order valence-corrected chi connectivity index (χ1v) is 9.90. The number of hydrogen-bond acceptors (Lipinski definition) is 5. The highest BCUT2D eigenvalue weighted by molar-refractivity contribution is 7.93. The molecule has 0 atom stereocenters. The Morgan fingerprint density at radius 2 is 1.96 bits per heavy atom. The zero-order valence-electron chi connectivity index (χ0n) is 14.0. The molecule has 26 heavy (non-hydrogen) atoms. The van der Waals surface area contributed by atoms with Crippen molar-refractivity contribution < 1.29 is 21.6 Å². The second-order valence-electron chi connectivity index (χ2n) is 6.73. The zero-order chi connectivity index (χ0) is 18.7. The summed E-state index contributed by atoms with van der Waals surface area (Å²) in [6.07, 6.45) is 6.31. The van der Waals surface area contributed by atoms with Crippen molar-refractivity contribution in [1.29, 1.82) is 0 Å². The summed E-state index contributed by atoms with van der Waals surface area (Å²) >= 11 is 0. The van der Waals surface area contributed by atoms with Crippen LogP contribution in [0.25, 0.3) is 5.65 Å². The molecule has 0 aromatic carbocycles. The lowest BCUT2D eigenvalue weighted by molar-refractivity contribution is -0.0429. The van der Waals surface area contributed by atoms with Crippen molar-refractivity contribution in [3.63, 3.8) is 0 Å². The second kappa shape index (κ2) is 5.73. The lowest BCUT2D eigenvalue weighted by atomic mass is 10.2. The van der Waals surface area contributed by atoms with Crippen molar-refractivity contribution in [2.45, 2.75) is 50.6 Å². The minimum atomic E-state index is -5.53. The summed E-state index contributed by atoms with van der Waals surface area (Å²) in [5.74, 6) is 0.817. The maximum atomic E-state index is 12.7. The van der Waals surface area contributed by atoms with E-state index in [-0.39, 0.29) is 11.3 Å². The van der Waals surface area contributed by atoms with Crippen LogP contribution in [0.5, 0.6) is 0 Å². The first-order valence-electron chi connectivity index (χ1n) is 8.42. The van der Waals surface area contributed by atoms with E-state index in [0.29, 0.717) is 11.7 Å². The summed E-state index contributed by atoms with van der Waals surface area (Å²) in [4.78, 5) is 6.55. The molecule has 0 radical (unpaired) electrons. The van der Waals surface area contributed by atoms with Crippen molar-refractivity contribution in [2.75, 3.05) is 16.2 Å².